The lowest BCUT2D eigenvalue weighted by atomic mass is 9.98. The van der Waals surface area contributed by atoms with Crippen molar-refractivity contribution in [3.8, 4) is 5.75 Å². The Balaban J connectivity index is 1.49. The van der Waals surface area contributed by atoms with Gasteiger partial charge in [-0.25, -0.2) is 12.8 Å². The number of rotatable bonds is 8. The molecule has 3 fully saturated rings. The summed E-state index contributed by atoms with van der Waals surface area (Å²) < 4.78 is 47.8. The lowest BCUT2D eigenvalue weighted by Crippen LogP contribution is -2.55. The summed E-state index contributed by atoms with van der Waals surface area (Å²) in [6.45, 7) is -0.228. The standard InChI is InChI=1S/C25H27BrClFN4O5S/c1-29-25(7-8-25)31-22(33)19-11-16(38(35,36)20-4-3-15(37-2)10-17(20)27)13-32(19)23(34)24(5-6-24)21-18(28)9-14(26)12-30-21/h3-4,9-10,12,16,19,29H,5-8,11,13H2,1-2H3,(H,31,33)/t16-,19+/m1/s1. The van der Waals surface area contributed by atoms with Crippen LogP contribution in [0.2, 0.25) is 5.02 Å². The Bertz CT molecular complexity index is 1420. The van der Waals surface area contributed by atoms with Crippen molar-refractivity contribution in [2.24, 2.45) is 0 Å². The maximum absolute atomic E-state index is 14.9. The second-order valence-corrected chi connectivity index (χ2v) is 13.6. The van der Waals surface area contributed by atoms with Crippen LogP contribution in [0.1, 0.15) is 37.8 Å². The Morgan fingerprint density at radius 2 is 1.95 bits per heavy atom. The zero-order valence-corrected chi connectivity index (χ0v) is 23.9. The molecule has 2 heterocycles. The van der Waals surface area contributed by atoms with Crippen molar-refractivity contribution < 1.29 is 27.1 Å². The van der Waals surface area contributed by atoms with Gasteiger partial charge in [-0.3, -0.25) is 19.9 Å². The van der Waals surface area contributed by atoms with Crippen molar-refractivity contribution >= 4 is 49.2 Å². The van der Waals surface area contributed by atoms with Gasteiger partial charge < -0.3 is 15.0 Å². The number of hydrogen-bond donors (Lipinski definition) is 2. The van der Waals surface area contributed by atoms with Crippen LogP contribution in [0.15, 0.2) is 39.8 Å². The third-order valence-corrected chi connectivity index (χ3v) is 10.8. The summed E-state index contributed by atoms with van der Waals surface area (Å²) in [7, 11) is -0.868. The molecule has 2 aromatic rings. The van der Waals surface area contributed by atoms with E-state index in [4.69, 9.17) is 16.3 Å². The molecule has 2 N–H and O–H groups in total. The first-order valence-electron chi connectivity index (χ1n) is 12.2. The third kappa shape index (κ3) is 4.69. The van der Waals surface area contributed by atoms with Crippen LogP contribution in [0.4, 0.5) is 4.39 Å². The number of amides is 2. The van der Waals surface area contributed by atoms with Gasteiger partial charge in [0, 0.05) is 23.3 Å². The molecule has 13 heteroatoms. The fourth-order valence-electron chi connectivity index (χ4n) is 5.11. The van der Waals surface area contributed by atoms with E-state index in [9.17, 15) is 22.4 Å². The molecule has 2 amide bonds. The molecular weight excluding hydrogens is 603 g/mol. The number of hydrogen-bond acceptors (Lipinski definition) is 7. The van der Waals surface area contributed by atoms with Crippen LogP contribution >= 0.6 is 27.5 Å². The summed E-state index contributed by atoms with van der Waals surface area (Å²) in [5.41, 5.74) is -1.80. The smallest absolute Gasteiger partial charge is 0.244 e. The molecule has 3 aliphatic rings. The van der Waals surface area contributed by atoms with Crippen molar-refractivity contribution in [3.05, 3.63) is 51.5 Å². The summed E-state index contributed by atoms with van der Waals surface area (Å²) in [6.07, 6.45) is 3.44. The Labute approximate surface area is 233 Å². The molecule has 0 spiro atoms. The number of carbonyl (C=O) groups excluding carboxylic acids is 2. The number of aromatic nitrogens is 1. The molecule has 9 nitrogen and oxygen atoms in total. The van der Waals surface area contributed by atoms with Gasteiger partial charge in [-0.15, -0.1) is 0 Å². The Morgan fingerprint density at radius 3 is 2.50 bits per heavy atom. The van der Waals surface area contributed by atoms with E-state index in [1.165, 1.54) is 42.5 Å². The molecule has 0 bridgehead atoms. The molecule has 1 saturated heterocycles. The lowest BCUT2D eigenvalue weighted by molar-refractivity contribution is -0.141. The Morgan fingerprint density at radius 1 is 1.24 bits per heavy atom. The van der Waals surface area contributed by atoms with E-state index in [2.05, 4.69) is 31.5 Å². The lowest BCUT2D eigenvalue weighted by Gasteiger charge is -2.29. The fraction of sp³-hybridized carbons (Fsp3) is 0.480. The second kappa shape index (κ2) is 9.72. The maximum Gasteiger partial charge on any atom is 0.244 e. The van der Waals surface area contributed by atoms with Gasteiger partial charge in [-0.2, -0.15) is 0 Å². The molecule has 2 aliphatic carbocycles. The zero-order chi connectivity index (χ0) is 27.5. The Hall–Kier alpha value is -2.28. The topological polar surface area (TPSA) is 118 Å². The average molecular weight is 630 g/mol. The number of benzene rings is 1. The minimum atomic E-state index is -4.04. The highest BCUT2D eigenvalue weighted by Crippen LogP contribution is 2.51. The van der Waals surface area contributed by atoms with E-state index >= 15 is 0 Å². The van der Waals surface area contributed by atoms with Gasteiger partial charge in [0.15, 0.2) is 9.84 Å². The third-order valence-electron chi connectivity index (χ3n) is 7.72. The van der Waals surface area contributed by atoms with E-state index in [1.807, 2.05) is 0 Å². The monoisotopic (exact) mass is 628 g/mol. The maximum atomic E-state index is 14.9. The number of nitrogens with one attached hydrogen (secondary N) is 2. The highest BCUT2D eigenvalue weighted by atomic mass is 79.9. The van der Waals surface area contributed by atoms with E-state index in [0.29, 0.717) is 23.1 Å². The van der Waals surface area contributed by atoms with Crippen LogP contribution in [0, 0.1) is 5.82 Å². The summed E-state index contributed by atoms with van der Waals surface area (Å²) in [5, 5.41) is 4.91. The number of sulfone groups is 1. The van der Waals surface area contributed by atoms with Gasteiger partial charge in [-0.1, -0.05) is 11.6 Å². The number of halogens is 3. The van der Waals surface area contributed by atoms with Gasteiger partial charge in [0.2, 0.25) is 11.8 Å². The van der Waals surface area contributed by atoms with Crippen LogP contribution in [0.5, 0.6) is 5.75 Å². The van der Waals surface area contributed by atoms with Gasteiger partial charge in [0.05, 0.1) is 39.0 Å². The highest BCUT2D eigenvalue weighted by molar-refractivity contribution is 9.10. The van der Waals surface area contributed by atoms with Gasteiger partial charge >= 0.3 is 0 Å². The molecule has 2 atom stereocenters. The first-order chi connectivity index (χ1) is 18.0. The van der Waals surface area contributed by atoms with E-state index in [-0.39, 0.29) is 28.6 Å². The second-order valence-electron chi connectivity index (χ2n) is 10.1. The normalized spacial score (nSPS) is 23.1. The van der Waals surface area contributed by atoms with Gasteiger partial charge in [0.25, 0.3) is 0 Å². The molecule has 0 radical (unpaired) electrons. The first kappa shape index (κ1) is 27.3. The number of likely N-dealkylation sites (tertiary alicyclic amines) is 1. The fourth-order valence-corrected chi connectivity index (χ4v) is 7.65. The SMILES string of the molecule is CNC1(NC(=O)[C@@H]2C[C@@H](S(=O)(=O)c3ccc(OC)cc3Cl)CN2C(=O)C2(c3ncc(Br)cc3F)CC2)CC1. The van der Waals surface area contributed by atoms with Gasteiger partial charge in [0.1, 0.15) is 17.6 Å². The molecular formula is C25H27BrClFN4O5S. The predicted molar refractivity (Wildman–Crippen MR) is 141 cm³/mol. The van der Waals surface area contributed by atoms with Crippen LogP contribution in [-0.2, 0) is 24.8 Å². The zero-order valence-electron chi connectivity index (χ0n) is 20.8. The van der Waals surface area contributed by atoms with Crippen LogP contribution in [0.25, 0.3) is 0 Å². The van der Waals surface area contributed by atoms with Crippen molar-refractivity contribution in [2.75, 3.05) is 20.7 Å². The number of methoxy groups -OCH3 is 1. The molecule has 1 aromatic carbocycles. The molecule has 38 heavy (non-hydrogen) atoms. The largest absolute Gasteiger partial charge is 0.497 e. The van der Waals surface area contributed by atoms with Gasteiger partial charge in [-0.05, 0) is 73.3 Å². The van der Waals surface area contributed by atoms with Crippen molar-refractivity contribution in [1.29, 1.82) is 0 Å². The summed E-state index contributed by atoms with van der Waals surface area (Å²) in [5.74, 6) is -1.19. The highest BCUT2D eigenvalue weighted by Gasteiger charge is 2.59. The molecule has 5 rings (SSSR count). The number of pyridine rings is 1. The number of carbonyl (C=O) groups is 2. The van der Waals surface area contributed by atoms with Crippen molar-refractivity contribution in [1.82, 2.24) is 20.5 Å². The van der Waals surface area contributed by atoms with Crippen molar-refractivity contribution in [3.63, 3.8) is 0 Å². The molecule has 1 aliphatic heterocycles. The molecule has 2 saturated carbocycles. The van der Waals surface area contributed by atoms with Crippen LogP contribution < -0.4 is 15.4 Å². The minimum absolute atomic E-state index is 0.00301. The molecule has 204 valence electrons. The average Bonchev–Trinajstić information content (AvgIpc) is 3.80. The molecule has 1 aromatic heterocycles. The summed E-state index contributed by atoms with van der Waals surface area (Å²) >= 11 is 9.48. The number of nitrogens with zero attached hydrogens (tertiary/aromatic N) is 2. The minimum Gasteiger partial charge on any atom is -0.497 e. The van der Waals surface area contributed by atoms with E-state index in [0.717, 1.165) is 12.8 Å². The number of ether oxygens (including phenoxy) is 1. The summed E-state index contributed by atoms with van der Waals surface area (Å²) in [4.78, 5) is 32.8. The summed E-state index contributed by atoms with van der Waals surface area (Å²) in [6, 6.07) is 4.45. The van der Waals surface area contributed by atoms with E-state index < -0.39 is 49.8 Å². The quantitative estimate of drug-likeness (QED) is 0.431. The van der Waals surface area contributed by atoms with Crippen molar-refractivity contribution in [2.45, 2.75) is 59.4 Å². The van der Waals surface area contributed by atoms with Crippen LogP contribution in [0.3, 0.4) is 0 Å². The predicted octanol–water partition coefficient (Wildman–Crippen LogP) is 2.95. The van der Waals surface area contributed by atoms with Crippen LogP contribution in [-0.4, -0.2) is 67.8 Å². The van der Waals surface area contributed by atoms with E-state index in [1.54, 1.807) is 7.05 Å². The molecule has 0 unspecified atom stereocenters. The Kier molecular flexibility index (Phi) is 6.98. The first-order valence-corrected chi connectivity index (χ1v) is 14.9.